The summed E-state index contributed by atoms with van der Waals surface area (Å²) >= 11 is 1.43. The topological polar surface area (TPSA) is 80.1 Å². The van der Waals surface area contributed by atoms with Crippen LogP contribution in [0.15, 0.2) is 29.4 Å². The number of rotatable bonds is 6. The summed E-state index contributed by atoms with van der Waals surface area (Å²) in [5.74, 6) is 1.78. The number of hydrogen-bond donors (Lipinski definition) is 1. The van der Waals surface area contributed by atoms with E-state index in [1.807, 2.05) is 33.7 Å². The van der Waals surface area contributed by atoms with Crippen LogP contribution < -0.4 is 5.32 Å². The minimum absolute atomic E-state index is 0.107. The molecule has 1 aromatic heterocycles. The molecule has 1 aliphatic carbocycles. The Morgan fingerprint density at radius 2 is 2.00 bits per heavy atom. The summed E-state index contributed by atoms with van der Waals surface area (Å²) in [6.07, 6.45) is 4.41. The maximum Gasteiger partial charge on any atom is 0.233 e. The van der Waals surface area contributed by atoms with E-state index in [2.05, 4.69) is 15.5 Å². The number of hydrogen-bond acceptors (Lipinski definition) is 5. The third kappa shape index (κ3) is 4.16. The molecule has 0 bridgehead atoms. The Morgan fingerprint density at radius 1 is 1.22 bits per heavy atom. The van der Waals surface area contributed by atoms with Gasteiger partial charge in [-0.15, -0.1) is 10.2 Å². The van der Waals surface area contributed by atoms with E-state index in [4.69, 9.17) is 0 Å². The van der Waals surface area contributed by atoms with Crippen molar-refractivity contribution >= 4 is 29.3 Å². The summed E-state index contributed by atoms with van der Waals surface area (Å²) in [4.78, 5) is 25.7. The summed E-state index contributed by atoms with van der Waals surface area (Å²) in [6.45, 7) is 3.21. The van der Waals surface area contributed by atoms with Crippen LogP contribution in [-0.4, -0.2) is 50.3 Å². The number of carbonyl (C=O) groups is 2. The zero-order valence-corrected chi connectivity index (χ0v) is 16.2. The first-order valence-electron chi connectivity index (χ1n) is 9.36. The number of thioether (sulfide) groups is 1. The average molecular weight is 385 g/mol. The average Bonchev–Trinajstić information content (AvgIpc) is 3.18. The van der Waals surface area contributed by atoms with Crippen LogP contribution in [0.3, 0.4) is 0 Å². The van der Waals surface area contributed by atoms with Crippen molar-refractivity contribution in [1.29, 1.82) is 0 Å². The van der Waals surface area contributed by atoms with Crippen molar-refractivity contribution in [3.05, 3.63) is 30.1 Å². The van der Waals surface area contributed by atoms with E-state index in [-0.39, 0.29) is 11.8 Å². The molecule has 27 heavy (non-hydrogen) atoms. The highest BCUT2D eigenvalue weighted by molar-refractivity contribution is 7.99. The molecular weight excluding hydrogens is 362 g/mol. The number of carbonyl (C=O) groups excluding carboxylic acids is 2. The Hall–Kier alpha value is -2.35. The monoisotopic (exact) mass is 385 g/mol. The minimum atomic E-state index is -0.107. The molecule has 2 amide bonds. The molecule has 4 rings (SSSR count). The van der Waals surface area contributed by atoms with E-state index in [0.717, 1.165) is 61.1 Å². The first kappa shape index (κ1) is 18.0. The molecular formula is C19H23N5O2S. The molecule has 2 aliphatic rings. The van der Waals surface area contributed by atoms with Crippen molar-refractivity contribution < 1.29 is 9.59 Å². The van der Waals surface area contributed by atoms with Gasteiger partial charge in [0.05, 0.1) is 11.4 Å². The maximum absolute atomic E-state index is 12.4. The third-order valence-corrected chi connectivity index (χ3v) is 5.72. The largest absolute Gasteiger partial charge is 0.342 e. The van der Waals surface area contributed by atoms with Crippen LogP contribution in [0.4, 0.5) is 5.69 Å². The molecule has 142 valence electrons. The predicted octanol–water partition coefficient (Wildman–Crippen LogP) is 2.82. The van der Waals surface area contributed by atoms with Gasteiger partial charge in [-0.3, -0.25) is 14.2 Å². The molecule has 7 nitrogen and oxygen atoms in total. The van der Waals surface area contributed by atoms with Crippen LogP contribution in [0.2, 0.25) is 0 Å². The molecule has 2 aromatic rings. The van der Waals surface area contributed by atoms with Gasteiger partial charge in [0.15, 0.2) is 5.16 Å². The Morgan fingerprint density at radius 3 is 2.70 bits per heavy atom. The fraction of sp³-hybridized carbons (Fsp3) is 0.474. The number of likely N-dealkylation sites (tertiary alicyclic amines) is 1. The van der Waals surface area contributed by atoms with Gasteiger partial charge in [-0.05, 0) is 43.9 Å². The minimum Gasteiger partial charge on any atom is -0.342 e. The smallest absolute Gasteiger partial charge is 0.233 e. The molecule has 0 unspecified atom stereocenters. The van der Waals surface area contributed by atoms with Crippen LogP contribution >= 0.6 is 11.8 Å². The summed E-state index contributed by atoms with van der Waals surface area (Å²) in [6, 6.07) is 7.66. The molecule has 1 saturated heterocycles. The van der Waals surface area contributed by atoms with E-state index in [1.54, 1.807) is 0 Å². The Labute approximate surface area is 162 Å². The number of amides is 2. The number of aromatic nitrogens is 3. The van der Waals surface area contributed by atoms with Gasteiger partial charge in [-0.25, -0.2) is 0 Å². The van der Waals surface area contributed by atoms with Crippen LogP contribution in [0.1, 0.15) is 44.3 Å². The molecule has 1 aliphatic heterocycles. The molecule has 1 N–H and O–H groups in total. The number of anilines is 1. The van der Waals surface area contributed by atoms with E-state index >= 15 is 0 Å². The summed E-state index contributed by atoms with van der Waals surface area (Å²) < 4.78 is 2.03. The van der Waals surface area contributed by atoms with Crippen LogP contribution in [0.25, 0.3) is 5.69 Å². The van der Waals surface area contributed by atoms with Gasteiger partial charge in [-0.2, -0.15) is 0 Å². The summed E-state index contributed by atoms with van der Waals surface area (Å²) in [7, 11) is 0. The SMILES string of the molecule is CC(=O)Nc1cccc(-n2c(SCC(=O)N3CCCC3)nnc2C2CC2)c1. The van der Waals surface area contributed by atoms with Gasteiger partial charge in [0, 0.05) is 31.6 Å². The molecule has 0 spiro atoms. The normalized spacial score (nSPS) is 16.6. The fourth-order valence-electron chi connectivity index (χ4n) is 3.33. The molecule has 0 atom stereocenters. The van der Waals surface area contributed by atoms with Gasteiger partial charge in [0.2, 0.25) is 11.8 Å². The first-order valence-corrected chi connectivity index (χ1v) is 10.3. The van der Waals surface area contributed by atoms with Crippen molar-refractivity contribution in [2.75, 3.05) is 24.2 Å². The van der Waals surface area contributed by atoms with Gasteiger partial charge in [0.25, 0.3) is 0 Å². The highest BCUT2D eigenvalue weighted by atomic mass is 32.2. The highest BCUT2D eigenvalue weighted by Gasteiger charge is 2.31. The van der Waals surface area contributed by atoms with Gasteiger partial charge in [0.1, 0.15) is 5.82 Å². The molecule has 0 radical (unpaired) electrons. The van der Waals surface area contributed by atoms with Gasteiger partial charge >= 0.3 is 0 Å². The predicted molar refractivity (Wildman–Crippen MR) is 104 cm³/mol. The van der Waals surface area contributed by atoms with Crippen molar-refractivity contribution in [3.63, 3.8) is 0 Å². The second kappa shape index (κ2) is 7.72. The zero-order valence-electron chi connectivity index (χ0n) is 15.4. The summed E-state index contributed by atoms with van der Waals surface area (Å²) in [5.41, 5.74) is 1.64. The highest BCUT2D eigenvalue weighted by Crippen LogP contribution is 2.41. The van der Waals surface area contributed by atoms with Crippen LogP contribution in [-0.2, 0) is 9.59 Å². The van der Waals surface area contributed by atoms with Gasteiger partial charge < -0.3 is 10.2 Å². The lowest BCUT2D eigenvalue weighted by molar-refractivity contribution is -0.127. The first-order chi connectivity index (χ1) is 13.1. The molecule has 8 heteroatoms. The van der Waals surface area contributed by atoms with E-state index in [0.29, 0.717) is 11.7 Å². The number of benzene rings is 1. The molecule has 2 heterocycles. The Bertz CT molecular complexity index is 856. The lowest BCUT2D eigenvalue weighted by Gasteiger charge is -2.15. The zero-order chi connectivity index (χ0) is 18.8. The van der Waals surface area contributed by atoms with Crippen molar-refractivity contribution in [2.45, 2.75) is 43.7 Å². The van der Waals surface area contributed by atoms with E-state index in [1.165, 1.54) is 18.7 Å². The number of nitrogens with zero attached hydrogens (tertiary/aromatic N) is 4. The van der Waals surface area contributed by atoms with Gasteiger partial charge in [-0.1, -0.05) is 17.8 Å². The van der Waals surface area contributed by atoms with Crippen LogP contribution in [0.5, 0.6) is 0 Å². The quantitative estimate of drug-likeness (QED) is 0.774. The second-order valence-corrected chi connectivity index (χ2v) is 8.00. The maximum atomic E-state index is 12.4. The molecule has 2 fully saturated rings. The Kier molecular flexibility index (Phi) is 5.15. The lowest BCUT2D eigenvalue weighted by atomic mass is 10.2. The van der Waals surface area contributed by atoms with Crippen molar-refractivity contribution in [1.82, 2.24) is 19.7 Å². The molecule has 1 aromatic carbocycles. The van der Waals surface area contributed by atoms with Crippen molar-refractivity contribution in [3.8, 4) is 5.69 Å². The summed E-state index contributed by atoms with van der Waals surface area (Å²) in [5, 5.41) is 12.3. The standard InChI is InChI=1S/C19H23N5O2S/c1-13(25)20-15-5-4-6-16(11-15)24-18(14-7-8-14)21-22-19(24)27-12-17(26)23-9-2-3-10-23/h4-6,11,14H,2-3,7-10,12H2,1H3,(H,20,25). The van der Waals surface area contributed by atoms with Crippen molar-refractivity contribution in [2.24, 2.45) is 0 Å². The molecule has 1 saturated carbocycles. The fourth-order valence-corrected chi connectivity index (χ4v) is 4.20. The third-order valence-electron chi connectivity index (χ3n) is 4.81. The van der Waals surface area contributed by atoms with Crippen LogP contribution in [0, 0.1) is 0 Å². The van der Waals surface area contributed by atoms with E-state index in [9.17, 15) is 9.59 Å². The lowest BCUT2D eigenvalue weighted by Crippen LogP contribution is -2.29. The Balaban J connectivity index is 1.58. The van der Waals surface area contributed by atoms with E-state index < -0.39 is 0 Å². The number of nitrogens with one attached hydrogen (secondary N) is 1. The second-order valence-electron chi connectivity index (χ2n) is 7.06.